The Bertz CT molecular complexity index is 1360. The second-order valence-corrected chi connectivity index (χ2v) is 7.77. The number of benzene rings is 2. The van der Waals surface area contributed by atoms with Gasteiger partial charge in [0.05, 0.1) is 17.1 Å². The molecule has 5 rings (SSSR count). The lowest BCUT2D eigenvalue weighted by molar-refractivity contribution is 0.573. The molecule has 0 spiro atoms. The monoisotopic (exact) mass is 418 g/mol. The molecule has 2 aromatic carbocycles. The molecule has 0 saturated carbocycles. The van der Waals surface area contributed by atoms with Crippen molar-refractivity contribution in [2.75, 3.05) is 0 Å². The van der Waals surface area contributed by atoms with Crippen LogP contribution in [0.15, 0.2) is 75.0 Å². The smallest absolute Gasteiger partial charge is 0.297 e. The number of tetrazole rings is 1. The maximum atomic E-state index is 13.3. The van der Waals surface area contributed by atoms with Crippen LogP contribution in [-0.2, 0) is 12.8 Å². The molecule has 5 aromatic rings. The van der Waals surface area contributed by atoms with Crippen molar-refractivity contribution < 1.29 is 4.42 Å². The van der Waals surface area contributed by atoms with Crippen LogP contribution < -0.4 is 5.56 Å². The second kappa shape index (κ2) is 7.34. The molecule has 30 heavy (non-hydrogen) atoms. The summed E-state index contributed by atoms with van der Waals surface area (Å²) in [6.07, 6.45) is 0. The van der Waals surface area contributed by atoms with Gasteiger partial charge in [0.1, 0.15) is 11.3 Å². The van der Waals surface area contributed by atoms with Gasteiger partial charge in [0.15, 0.2) is 5.69 Å². The van der Waals surface area contributed by atoms with E-state index in [-0.39, 0.29) is 5.56 Å². The number of para-hydroxylation sites is 2. The highest BCUT2D eigenvalue weighted by Crippen LogP contribution is 2.27. The van der Waals surface area contributed by atoms with E-state index in [1.807, 2.05) is 79.3 Å². The molecule has 0 aliphatic heterocycles. The van der Waals surface area contributed by atoms with Crippen molar-refractivity contribution in [1.29, 1.82) is 0 Å². The Kier molecular flexibility index (Phi) is 4.51. The topological polar surface area (TPSA) is 83.7 Å². The van der Waals surface area contributed by atoms with E-state index in [1.165, 1.54) is 16.4 Å². The summed E-state index contributed by atoms with van der Waals surface area (Å²) in [6.45, 7) is 1.88. The number of hydrogen-bond donors (Lipinski definition) is 0. The predicted molar refractivity (Wildman–Crippen MR) is 114 cm³/mol. The van der Waals surface area contributed by atoms with Crippen LogP contribution in [0.25, 0.3) is 22.3 Å². The van der Waals surface area contributed by atoms with Crippen LogP contribution in [0.3, 0.4) is 0 Å². The number of hydrogen-bond acceptors (Lipinski definition) is 6. The second-order valence-electron chi connectivity index (χ2n) is 6.82. The third-order valence-corrected chi connectivity index (χ3v) is 5.94. The zero-order chi connectivity index (χ0) is 20.7. The summed E-state index contributed by atoms with van der Waals surface area (Å²) in [5.74, 6) is 1.37. The first-order valence-corrected chi connectivity index (χ1v) is 10.3. The lowest BCUT2D eigenvalue weighted by Gasteiger charge is -2.07. The number of rotatable bonds is 5. The van der Waals surface area contributed by atoms with Crippen LogP contribution in [-0.4, -0.2) is 29.6 Å². The van der Waals surface area contributed by atoms with E-state index in [1.54, 1.807) is 4.68 Å². The summed E-state index contributed by atoms with van der Waals surface area (Å²) in [4.78, 5) is 13.3. The number of nitrogens with zero attached hydrogens (tertiary/aromatic N) is 6. The van der Waals surface area contributed by atoms with Crippen molar-refractivity contribution in [3.05, 3.63) is 82.5 Å². The van der Waals surface area contributed by atoms with Crippen LogP contribution in [0.5, 0.6) is 0 Å². The van der Waals surface area contributed by atoms with Crippen molar-refractivity contribution >= 4 is 22.7 Å². The summed E-state index contributed by atoms with van der Waals surface area (Å²) >= 11 is 1.42. The van der Waals surface area contributed by atoms with E-state index >= 15 is 0 Å². The van der Waals surface area contributed by atoms with E-state index in [0.29, 0.717) is 16.6 Å². The molecule has 9 heteroatoms. The van der Waals surface area contributed by atoms with Gasteiger partial charge in [-0.2, -0.15) is 4.68 Å². The van der Waals surface area contributed by atoms with Crippen LogP contribution in [0, 0.1) is 6.92 Å². The van der Waals surface area contributed by atoms with Crippen molar-refractivity contribution in [2.45, 2.75) is 17.8 Å². The Morgan fingerprint density at radius 1 is 1.07 bits per heavy atom. The molecule has 0 aliphatic rings. The van der Waals surface area contributed by atoms with E-state index < -0.39 is 0 Å². The molecule has 150 valence electrons. The zero-order valence-corrected chi connectivity index (χ0v) is 17.2. The minimum absolute atomic E-state index is 0.181. The maximum absolute atomic E-state index is 13.3. The summed E-state index contributed by atoms with van der Waals surface area (Å²) in [5.41, 5.74) is 2.64. The lowest BCUT2D eigenvalue weighted by Crippen LogP contribution is -2.22. The fourth-order valence-electron chi connectivity index (χ4n) is 3.45. The fourth-order valence-corrected chi connectivity index (χ4v) is 4.21. The minimum Gasteiger partial charge on any atom is -0.460 e. The Morgan fingerprint density at radius 2 is 1.83 bits per heavy atom. The maximum Gasteiger partial charge on any atom is 0.297 e. The van der Waals surface area contributed by atoms with Gasteiger partial charge in [0.2, 0.25) is 5.16 Å². The van der Waals surface area contributed by atoms with Gasteiger partial charge in [-0.15, -0.1) is 5.10 Å². The Hall–Kier alpha value is -3.59. The average molecular weight is 418 g/mol. The van der Waals surface area contributed by atoms with E-state index in [2.05, 4.69) is 15.5 Å². The van der Waals surface area contributed by atoms with Crippen LogP contribution in [0.4, 0.5) is 0 Å². The van der Waals surface area contributed by atoms with Crippen molar-refractivity contribution in [3.8, 4) is 11.4 Å². The third-order valence-electron chi connectivity index (χ3n) is 5.00. The Morgan fingerprint density at radius 3 is 2.63 bits per heavy atom. The standard InChI is InChI=1S/C21H18N6O2S/c1-14-19(20(28)27(25(14)2)16-9-4-3-5-10-16)26-21(22-23-24-26)30-13-17-12-15-8-6-7-11-18(15)29-17/h3-12H,13H2,1-2H3. The first kappa shape index (κ1) is 18.4. The molecule has 0 bridgehead atoms. The number of aromatic nitrogens is 6. The number of thioether (sulfide) groups is 1. The number of furan rings is 1. The third kappa shape index (κ3) is 3.03. The molecule has 0 N–H and O–H groups in total. The normalized spacial score (nSPS) is 11.4. The average Bonchev–Trinajstić information content (AvgIpc) is 3.44. The van der Waals surface area contributed by atoms with Crippen LogP contribution >= 0.6 is 11.8 Å². The summed E-state index contributed by atoms with van der Waals surface area (Å²) in [5, 5.41) is 13.6. The first-order chi connectivity index (χ1) is 14.6. The molecule has 0 atom stereocenters. The highest BCUT2D eigenvalue weighted by Gasteiger charge is 2.22. The van der Waals surface area contributed by atoms with Crippen molar-refractivity contribution in [2.24, 2.45) is 7.05 Å². The highest BCUT2D eigenvalue weighted by atomic mass is 32.2. The first-order valence-electron chi connectivity index (χ1n) is 9.36. The summed E-state index contributed by atoms with van der Waals surface area (Å²) < 4.78 is 10.8. The molecule has 3 heterocycles. The molecule has 0 fully saturated rings. The van der Waals surface area contributed by atoms with Gasteiger partial charge in [-0.05, 0) is 41.6 Å². The van der Waals surface area contributed by atoms with Crippen molar-refractivity contribution in [1.82, 2.24) is 29.6 Å². The van der Waals surface area contributed by atoms with Gasteiger partial charge in [0.25, 0.3) is 5.56 Å². The summed E-state index contributed by atoms with van der Waals surface area (Å²) in [6, 6.07) is 19.4. The van der Waals surface area contributed by atoms with Gasteiger partial charge >= 0.3 is 0 Å². The quantitative estimate of drug-likeness (QED) is 0.406. The van der Waals surface area contributed by atoms with Crippen LogP contribution in [0.1, 0.15) is 11.5 Å². The molecule has 3 aromatic heterocycles. The van der Waals surface area contributed by atoms with Gasteiger partial charge in [0, 0.05) is 12.4 Å². The van der Waals surface area contributed by atoms with Gasteiger partial charge < -0.3 is 4.42 Å². The Labute approximate surface area is 175 Å². The molecular weight excluding hydrogens is 400 g/mol. The molecule has 0 saturated heterocycles. The molecule has 0 radical (unpaired) electrons. The highest BCUT2D eigenvalue weighted by molar-refractivity contribution is 7.98. The predicted octanol–water partition coefficient (Wildman–Crippen LogP) is 3.50. The lowest BCUT2D eigenvalue weighted by atomic mass is 10.2. The molecule has 8 nitrogen and oxygen atoms in total. The van der Waals surface area contributed by atoms with E-state index in [4.69, 9.17) is 4.42 Å². The molecule has 0 aliphatic carbocycles. The zero-order valence-electron chi connectivity index (χ0n) is 16.4. The minimum atomic E-state index is -0.181. The van der Waals surface area contributed by atoms with Gasteiger partial charge in [-0.1, -0.05) is 48.2 Å². The van der Waals surface area contributed by atoms with Gasteiger partial charge in [-0.3, -0.25) is 9.48 Å². The summed E-state index contributed by atoms with van der Waals surface area (Å²) in [7, 11) is 1.85. The van der Waals surface area contributed by atoms with Gasteiger partial charge in [-0.25, -0.2) is 4.68 Å². The number of fused-ring (bicyclic) bond motifs is 1. The fraction of sp³-hybridized carbons (Fsp3) is 0.143. The molecular formula is C21H18N6O2S. The van der Waals surface area contributed by atoms with E-state index in [9.17, 15) is 4.79 Å². The largest absolute Gasteiger partial charge is 0.460 e. The van der Waals surface area contributed by atoms with E-state index in [0.717, 1.165) is 28.1 Å². The molecule has 0 amide bonds. The molecule has 0 unspecified atom stereocenters. The Balaban J connectivity index is 1.49. The van der Waals surface area contributed by atoms with Crippen molar-refractivity contribution in [3.63, 3.8) is 0 Å². The van der Waals surface area contributed by atoms with Crippen LogP contribution in [0.2, 0.25) is 0 Å². The SMILES string of the molecule is Cc1c(-n2nnnc2SCc2cc3ccccc3o2)c(=O)n(-c2ccccc2)n1C.